The highest BCUT2D eigenvalue weighted by atomic mass is 35.5. The van der Waals surface area contributed by atoms with Crippen molar-refractivity contribution < 1.29 is 4.79 Å². The molecule has 7 heteroatoms. The quantitative estimate of drug-likeness (QED) is 0.651. The van der Waals surface area contributed by atoms with E-state index in [4.69, 9.17) is 5.73 Å². The van der Waals surface area contributed by atoms with Crippen molar-refractivity contribution in [3.8, 4) is 0 Å². The molecule has 0 aromatic carbocycles. The van der Waals surface area contributed by atoms with Crippen molar-refractivity contribution in [1.82, 2.24) is 10.3 Å². The Bertz CT molecular complexity index is 439. The van der Waals surface area contributed by atoms with Crippen molar-refractivity contribution in [1.29, 1.82) is 0 Å². The summed E-state index contributed by atoms with van der Waals surface area (Å²) in [5, 5.41) is 6.24. The Balaban J connectivity index is 0.00000242. The van der Waals surface area contributed by atoms with Crippen molar-refractivity contribution in [3.63, 3.8) is 0 Å². The number of unbranched alkanes of at least 4 members (excludes halogenated alkanes) is 1. The molecule has 1 fully saturated rings. The lowest BCUT2D eigenvalue weighted by molar-refractivity contribution is -0.127. The fraction of sp³-hybridized carbons (Fsp3) is 0.625. The minimum Gasteiger partial charge on any atom is -0.370 e. The summed E-state index contributed by atoms with van der Waals surface area (Å²) in [6.07, 6.45) is 8.69. The van der Waals surface area contributed by atoms with Crippen LogP contribution in [-0.2, 0) is 4.79 Å². The summed E-state index contributed by atoms with van der Waals surface area (Å²) in [6, 6.07) is 5.80. The molecule has 1 heterocycles. The summed E-state index contributed by atoms with van der Waals surface area (Å²) in [6.45, 7) is 1.56. The third-order valence-electron chi connectivity index (χ3n) is 4.06. The van der Waals surface area contributed by atoms with Crippen molar-refractivity contribution in [2.75, 3.05) is 18.4 Å². The minimum absolute atomic E-state index is 0. The van der Waals surface area contributed by atoms with Gasteiger partial charge in [0.25, 0.3) is 0 Å². The number of carbonyl (C=O) groups is 1. The van der Waals surface area contributed by atoms with Gasteiger partial charge < -0.3 is 16.4 Å². The summed E-state index contributed by atoms with van der Waals surface area (Å²) >= 11 is 0. The molecular formula is C16H28Cl2N4O. The van der Waals surface area contributed by atoms with Crippen LogP contribution in [0.4, 0.5) is 5.82 Å². The zero-order valence-electron chi connectivity index (χ0n) is 13.4. The first-order valence-corrected chi connectivity index (χ1v) is 7.93. The van der Waals surface area contributed by atoms with Crippen LogP contribution in [0.1, 0.15) is 44.9 Å². The number of nitrogens with zero attached hydrogens (tertiary/aromatic N) is 1. The summed E-state index contributed by atoms with van der Waals surface area (Å²) in [4.78, 5) is 16.3. The normalized spacial score (nSPS) is 15.7. The van der Waals surface area contributed by atoms with Gasteiger partial charge in [0.05, 0.1) is 5.54 Å². The number of aromatic nitrogens is 1. The molecule has 1 aromatic heterocycles. The predicted molar refractivity (Wildman–Crippen MR) is 99.5 cm³/mol. The van der Waals surface area contributed by atoms with E-state index < -0.39 is 5.54 Å². The van der Waals surface area contributed by atoms with Gasteiger partial charge in [-0.25, -0.2) is 4.98 Å². The number of anilines is 1. The van der Waals surface area contributed by atoms with Crippen LogP contribution in [0.15, 0.2) is 24.4 Å². The van der Waals surface area contributed by atoms with Gasteiger partial charge in [0.1, 0.15) is 5.82 Å². The average molecular weight is 363 g/mol. The second-order valence-electron chi connectivity index (χ2n) is 5.82. The van der Waals surface area contributed by atoms with E-state index in [9.17, 15) is 4.79 Å². The van der Waals surface area contributed by atoms with E-state index in [0.717, 1.165) is 50.9 Å². The first-order valence-electron chi connectivity index (χ1n) is 7.93. The van der Waals surface area contributed by atoms with Gasteiger partial charge >= 0.3 is 0 Å². The van der Waals surface area contributed by atoms with Gasteiger partial charge in [-0.1, -0.05) is 25.3 Å². The lowest BCUT2D eigenvalue weighted by Gasteiger charge is -2.31. The van der Waals surface area contributed by atoms with Crippen molar-refractivity contribution in [3.05, 3.63) is 24.4 Å². The highest BCUT2D eigenvalue weighted by Crippen LogP contribution is 2.25. The molecule has 2 rings (SSSR count). The monoisotopic (exact) mass is 362 g/mol. The fourth-order valence-corrected chi connectivity index (χ4v) is 2.72. The Labute approximate surface area is 151 Å². The van der Waals surface area contributed by atoms with E-state index >= 15 is 0 Å². The Morgan fingerprint density at radius 3 is 2.48 bits per heavy atom. The van der Waals surface area contributed by atoms with Crippen LogP contribution in [0.5, 0.6) is 0 Å². The number of hydrogen-bond acceptors (Lipinski definition) is 4. The van der Waals surface area contributed by atoms with Gasteiger partial charge in [-0.05, 0) is 37.8 Å². The van der Waals surface area contributed by atoms with Crippen LogP contribution in [0.3, 0.4) is 0 Å². The molecule has 1 aliphatic rings. The maximum Gasteiger partial charge on any atom is 0.240 e. The molecule has 1 amide bonds. The third kappa shape index (κ3) is 7.38. The van der Waals surface area contributed by atoms with Gasteiger partial charge in [-0.2, -0.15) is 0 Å². The van der Waals surface area contributed by atoms with E-state index in [1.807, 2.05) is 18.2 Å². The molecule has 0 radical (unpaired) electrons. The van der Waals surface area contributed by atoms with Gasteiger partial charge in [-0.3, -0.25) is 4.79 Å². The molecule has 23 heavy (non-hydrogen) atoms. The summed E-state index contributed by atoms with van der Waals surface area (Å²) in [5.41, 5.74) is 5.57. The standard InChI is InChI=1S/C16H26N4O.2ClH/c17-16(9-3-1-4-10-16)15(21)20-13-7-6-12-19-14-8-2-5-11-18-14;;/h2,5,8,11H,1,3-4,6-7,9-10,12-13,17H2,(H,18,19)(H,20,21);2*1H. The number of hydrogen-bond donors (Lipinski definition) is 3. The Morgan fingerprint density at radius 1 is 1.13 bits per heavy atom. The van der Waals surface area contributed by atoms with Crippen LogP contribution in [0.25, 0.3) is 0 Å². The number of halogens is 2. The van der Waals surface area contributed by atoms with Gasteiger partial charge in [0.2, 0.25) is 5.91 Å². The molecule has 1 saturated carbocycles. The topological polar surface area (TPSA) is 80.0 Å². The smallest absolute Gasteiger partial charge is 0.240 e. The molecule has 4 N–H and O–H groups in total. The summed E-state index contributed by atoms with van der Waals surface area (Å²) in [7, 11) is 0. The van der Waals surface area contributed by atoms with Crippen molar-refractivity contribution >= 4 is 36.5 Å². The molecule has 0 atom stereocenters. The summed E-state index contributed by atoms with van der Waals surface area (Å²) in [5.74, 6) is 0.921. The number of amides is 1. The second kappa shape index (κ2) is 11.5. The predicted octanol–water partition coefficient (Wildman–Crippen LogP) is 2.90. The van der Waals surface area contributed by atoms with Crippen LogP contribution in [-0.4, -0.2) is 29.5 Å². The Morgan fingerprint density at radius 2 is 1.83 bits per heavy atom. The van der Waals surface area contributed by atoms with Crippen LogP contribution in [0, 0.1) is 0 Å². The molecule has 0 aliphatic heterocycles. The Hall–Kier alpha value is -1.04. The largest absolute Gasteiger partial charge is 0.370 e. The molecule has 132 valence electrons. The van der Waals surface area contributed by atoms with Crippen LogP contribution < -0.4 is 16.4 Å². The van der Waals surface area contributed by atoms with E-state index in [1.54, 1.807) is 6.20 Å². The number of nitrogens with two attached hydrogens (primary N) is 1. The maximum atomic E-state index is 12.1. The average Bonchev–Trinajstić information content (AvgIpc) is 2.52. The number of carbonyl (C=O) groups excluding carboxylic acids is 1. The zero-order chi connectivity index (χ0) is 15.0. The van der Waals surface area contributed by atoms with Crippen LogP contribution in [0.2, 0.25) is 0 Å². The molecule has 0 saturated heterocycles. The van der Waals surface area contributed by atoms with Gasteiger partial charge in [-0.15, -0.1) is 24.8 Å². The molecular weight excluding hydrogens is 335 g/mol. The highest BCUT2D eigenvalue weighted by molar-refractivity contribution is 5.86. The Kier molecular flexibility index (Phi) is 11.0. The molecule has 1 aromatic rings. The van der Waals surface area contributed by atoms with E-state index in [2.05, 4.69) is 15.6 Å². The fourth-order valence-electron chi connectivity index (χ4n) is 2.72. The molecule has 0 unspecified atom stereocenters. The number of nitrogens with one attached hydrogen (secondary N) is 2. The SMILES string of the molecule is Cl.Cl.NC1(C(=O)NCCCCNc2ccccn2)CCCCC1. The van der Waals surface area contributed by atoms with Crippen molar-refractivity contribution in [2.45, 2.75) is 50.5 Å². The molecule has 0 spiro atoms. The van der Waals surface area contributed by atoms with E-state index in [1.165, 1.54) is 6.42 Å². The van der Waals surface area contributed by atoms with Crippen LogP contribution >= 0.6 is 24.8 Å². The van der Waals surface area contributed by atoms with E-state index in [-0.39, 0.29) is 30.7 Å². The van der Waals surface area contributed by atoms with E-state index in [0.29, 0.717) is 6.54 Å². The molecule has 5 nitrogen and oxygen atoms in total. The first-order chi connectivity index (χ1) is 10.2. The number of rotatable bonds is 7. The minimum atomic E-state index is -0.621. The maximum absolute atomic E-state index is 12.1. The highest BCUT2D eigenvalue weighted by Gasteiger charge is 2.34. The second-order valence-corrected chi connectivity index (χ2v) is 5.82. The summed E-state index contributed by atoms with van der Waals surface area (Å²) < 4.78 is 0. The zero-order valence-corrected chi connectivity index (χ0v) is 15.1. The third-order valence-corrected chi connectivity index (χ3v) is 4.06. The lowest BCUT2D eigenvalue weighted by Crippen LogP contribution is -2.55. The lowest BCUT2D eigenvalue weighted by atomic mass is 9.82. The van der Waals surface area contributed by atoms with Gasteiger partial charge in [0, 0.05) is 19.3 Å². The van der Waals surface area contributed by atoms with Crippen molar-refractivity contribution in [2.24, 2.45) is 5.73 Å². The molecule has 0 bridgehead atoms. The first kappa shape index (κ1) is 22.0. The van der Waals surface area contributed by atoms with Gasteiger partial charge in [0.15, 0.2) is 0 Å². The molecule has 1 aliphatic carbocycles. The number of pyridine rings is 1.